The van der Waals surface area contributed by atoms with Gasteiger partial charge in [-0.05, 0) is 62.5 Å². The van der Waals surface area contributed by atoms with Crippen LogP contribution in [-0.2, 0) is 11.3 Å². The summed E-state index contributed by atoms with van der Waals surface area (Å²) in [4.78, 5) is 16.7. The molecule has 1 fully saturated rings. The summed E-state index contributed by atoms with van der Waals surface area (Å²) in [6, 6.07) is 11.9. The van der Waals surface area contributed by atoms with Crippen molar-refractivity contribution < 1.29 is 9.21 Å². The minimum Gasteiger partial charge on any atom is -0.457 e. The monoisotopic (exact) mass is 405 g/mol. The van der Waals surface area contributed by atoms with Crippen LogP contribution in [-0.4, -0.2) is 24.0 Å². The Morgan fingerprint density at radius 3 is 2.85 bits per heavy atom. The van der Waals surface area contributed by atoms with Crippen molar-refractivity contribution in [1.82, 2.24) is 15.6 Å². The second kappa shape index (κ2) is 9.35. The summed E-state index contributed by atoms with van der Waals surface area (Å²) in [5, 5.41) is 7.19. The van der Waals surface area contributed by atoms with Gasteiger partial charge in [0, 0.05) is 6.42 Å². The number of carbonyl (C=O) groups excluding carboxylic acids is 1. The Morgan fingerprint density at radius 1 is 1.22 bits per heavy atom. The first-order chi connectivity index (χ1) is 12.8. The van der Waals surface area contributed by atoms with E-state index in [0.29, 0.717) is 18.9 Å². The maximum Gasteiger partial charge on any atom is 0.220 e. The number of piperidine rings is 1. The van der Waals surface area contributed by atoms with Crippen LogP contribution in [0.1, 0.15) is 31.4 Å². The van der Waals surface area contributed by atoms with Gasteiger partial charge in [-0.25, -0.2) is 4.98 Å². The van der Waals surface area contributed by atoms with Crippen LogP contribution in [0, 0.1) is 5.92 Å². The van der Waals surface area contributed by atoms with Crippen molar-refractivity contribution in [1.29, 1.82) is 0 Å². The third-order valence-electron chi connectivity index (χ3n) is 4.86. The van der Waals surface area contributed by atoms with Gasteiger partial charge in [0.25, 0.3) is 0 Å². The highest BCUT2D eigenvalue weighted by Crippen LogP contribution is 2.31. The maximum atomic E-state index is 12.1. The van der Waals surface area contributed by atoms with Gasteiger partial charge in [-0.3, -0.25) is 4.79 Å². The summed E-state index contributed by atoms with van der Waals surface area (Å²) >= 11 is 1.61. The molecule has 0 unspecified atom stereocenters. The number of furan rings is 1. The molecule has 0 aliphatic carbocycles. The first kappa shape index (κ1) is 19.9. The van der Waals surface area contributed by atoms with Gasteiger partial charge in [-0.15, -0.1) is 23.7 Å². The lowest BCUT2D eigenvalue weighted by atomic mass is 9.93. The number of hydrogen-bond acceptors (Lipinski definition) is 5. The SMILES string of the molecule is Cl.O=C(CCC1CCNCC1)NCc1ccc(-c2nc3ccccc3s2)o1. The van der Waals surface area contributed by atoms with Gasteiger partial charge in [-0.1, -0.05) is 12.1 Å². The zero-order valence-corrected chi connectivity index (χ0v) is 16.7. The largest absolute Gasteiger partial charge is 0.457 e. The molecule has 0 saturated carbocycles. The fourth-order valence-corrected chi connectivity index (χ4v) is 4.27. The molecule has 1 aliphatic rings. The number of rotatable bonds is 6. The number of carbonyl (C=O) groups is 1. The number of para-hydroxylation sites is 1. The number of benzene rings is 1. The Balaban J connectivity index is 0.00000210. The molecule has 1 aromatic carbocycles. The topological polar surface area (TPSA) is 67.2 Å². The van der Waals surface area contributed by atoms with Crippen LogP contribution in [0.3, 0.4) is 0 Å². The van der Waals surface area contributed by atoms with Crippen LogP contribution in [0.5, 0.6) is 0 Å². The fraction of sp³-hybridized carbons (Fsp3) is 0.400. The summed E-state index contributed by atoms with van der Waals surface area (Å²) in [7, 11) is 0. The van der Waals surface area contributed by atoms with Gasteiger partial charge in [0.15, 0.2) is 10.8 Å². The number of hydrogen-bond donors (Lipinski definition) is 2. The number of thiazole rings is 1. The molecule has 1 aliphatic heterocycles. The van der Waals surface area contributed by atoms with Crippen molar-refractivity contribution >= 4 is 39.9 Å². The predicted octanol–water partition coefficient (Wildman–Crippen LogP) is 4.37. The number of aromatic nitrogens is 1. The Labute approximate surface area is 169 Å². The van der Waals surface area contributed by atoms with E-state index in [0.717, 1.165) is 46.3 Å². The molecule has 1 amide bonds. The molecular formula is C20H24ClN3O2S. The summed E-state index contributed by atoms with van der Waals surface area (Å²) in [5.41, 5.74) is 0.983. The van der Waals surface area contributed by atoms with Crippen LogP contribution < -0.4 is 10.6 Å². The van der Waals surface area contributed by atoms with E-state index >= 15 is 0 Å². The maximum absolute atomic E-state index is 12.1. The number of nitrogens with one attached hydrogen (secondary N) is 2. The summed E-state index contributed by atoms with van der Waals surface area (Å²) in [5.74, 6) is 2.29. The van der Waals surface area contributed by atoms with E-state index in [1.54, 1.807) is 11.3 Å². The van der Waals surface area contributed by atoms with Crippen molar-refractivity contribution in [2.75, 3.05) is 13.1 Å². The smallest absolute Gasteiger partial charge is 0.220 e. The predicted molar refractivity (Wildman–Crippen MR) is 111 cm³/mol. The lowest BCUT2D eigenvalue weighted by Gasteiger charge is -2.22. The van der Waals surface area contributed by atoms with Gasteiger partial charge < -0.3 is 15.1 Å². The second-order valence-electron chi connectivity index (χ2n) is 6.76. The van der Waals surface area contributed by atoms with Crippen LogP contribution in [0.25, 0.3) is 21.0 Å². The third-order valence-corrected chi connectivity index (χ3v) is 5.92. The van der Waals surface area contributed by atoms with E-state index < -0.39 is 0 Å². The van der Waals surface area contributed by atoms with Gasteiger partial charge in [0.05, 0.1) is 16.8 Å². The minimum atomic E-state index is 0. The van der Waals surface area contributed by atoms with Crippen LogP contribution >= 0.6 is 23.7 Å². The zero-order chi connectivity index (χ0) is 17.8. The standard InChI is InChI=1S/C20H23N3O2S.ClH/c24-19(8-5-14-9-11-21-12-10-14)22-13-15-6-7-17(25-15)20-23-16-3-1-2-4-18(16)26-20;/h1-4,6-7,14,21H,5,8-13H2,(H,22,24);1H. The Morgan fingerprint density at radius 2 is 2.04 bits per heavy atom. The average molecular weight is 406 g/mol. The molecule has 0 bridgehead atoms. The number of nitrogens with zero attached hydrogens (tertiary/aromatic N) is 1. The number of fused-ring (bicyclic) bond motifs is 1. The van der Waals surface area contributed by atoms with E-state index in [9.17, 15) is 4.79 Å². The molecule has 0 spiro atoms. The highest BCUT2D eigenvalue weighted by atomic mass is 35.5. The molecule has 3 heterocycles. The molecule has 144 valence electrons. The van der Waals surface area contributed by atoms with Crippen molar-refractivity contribution in [3.8, 4) is 10.8 Å². The Bertz CT molecular complexity index is 853. The molecular weight excluding hydrogens is 382 g/mol. The molecule has 4 rings (SSSR count). The van der Waals surface area contributed by atoms with E-state index in [1.807, 2.05) is 30.3 Å². The number of halogens is 1. The lowest BCUT2D eigenvalue weighted by molar-refractivity contribution is -0.121. The summed E-state index contributed by atoms with van der Waals surface area (Å²) in [6.07, 6.45) is 3.92. The molecule has 27 heavy (non-hydrogen) atoms. The van der Waals surface area contributed by atoms with Gasteiger partial charge in [0.2, 0.25) is 5.91 Å². The molecule has 1 saturated heterocycles. The van der Waals surface area contributed by atoms with Crippen LogP contribution in [0.4, 0.5) is 0 Å². The summed E-state index contributed by atoms with van der Waals surface area (Å²) < 4.78 is 7.01. The fourth-order valence-electron chi connectivity index (χ4n) is 3.35. The first-order valence-electron chi connectivity index (χ1n) is 9.20. The normalized spacial score (nSPS) is 14.8. The van der Waals surface area contributed by atoms with E-state index in [2.05, 4.69) is 21.7 Å². The minimum absolute atomic E-state index is 0. The lowest BCUT2D eigenvalue weighted by Crippen LogP contribution is -2.29. The van der Waals surface area contributed by atoms with Crippen molar-refractivity contribution in [3.63, 3.8) is 0 Å². The molecule has 3 aromatic rings. The quantitative estimate of drug-likeness (QED) is 0.638. The average Bonchev–Trinajstić information content (AvgIpc) is 3.32. The zero-order valence-electron chi connectivity index (χ0n) is 15.1. The Kier molecular flexibility index (Phi) is 6.88. The van der Waals surface area contributed by atoms with Crippen molar-refractivity contribution in [3.05, 3.63) is 42.2 Å². The highest BCUT2D eigenvalue weighted by molar-refractivity contribution is 7.21. The molecule has 0 radical (unpaired) electrons. The van der Waals surface area contributed by atoms with Gasteiger partial charge >= 0.3 is 0 Å². The van der Waals surface area contributed by atoms with Crippen molar-refractivity contribution in [2.45, 2.75) is 32.2 Å². The molecule has 2 N–H and O–H groups in total. The molecule has 7 heteroatoms. The highest BCUT2D eigenvalue weighted by Gasteiger charge is 2.15. The Hall–Kier alpha value is -1.89. The van der Waals surface area contributed by atoms with Crippen LogP contribution in [0.15, 0.2) is 40.8 Å². The van der Waals surface area contributed by atoms with Gasteiger partial charge in [-0.2, -0.15) is 0 Å². The first-order valence-corrected chi connectivity index (χ1v) is 10.0. The molecule has 5 nitrogen and oxygen atoms in total. The van der Waals surface area contributed by atoms with Crippen LogP contribution in [0.2, 0.25) is 0 Å². The third kappa shape index (κ3) is 5.09. The van der Waals surface area contributed by atoms with Crippen molar-refractivity contribution in [2.24, 2.45) is 5.92 Å². The van der Waals surface area contributed by atoms with E-state index in [1.165, 1.54) is 12.8 Å². The molecule has 0 atom stereocenters. The van der Waals surface area contributed by atoms with Gasteiger partial charge in [0.1, 0.15) is 5.76 Å². The molecule has 2 aromatic heterocycles. The van der Waals surface area contributed by atoms with E-state index in [-0.39, 0.29) is 18.3 Å². The summed E-state index contributed by atoms with van der Waals surface area (Å²) in [6.45, 7) is 2.58. The second-order valence-corrected chi connectivity index (χ2v) is 7.79. The number of amides is 1. The van der Waals surface area contributed by atoms with E-state index in [4.69, 9.17) is 4.42 Å².